The van der Waals surface area contributed by atoms with Crippen molar-refractivity contribution in [1.29, 1.82) is 0 Å². The van der Waals surface area contributed by atoms with Crippen LogP contribution in [-0.2, 0) is 94.6 Å². The van der Waals surface area contributed by atoms with Gasteiger partial charge in [0.25, 0.3) is 0 Å². The molecule has 106 heavy (non-hydrogen) atoms. The van der Waals surface area contributed by atoms with Gasteiger partial charge in [-0.15, -0.1) is 0 Å². The Bertz CT molecular complexity index is 4040. The number of rotatable bonds is 21. The summed E-state index contributed by atoms with van der Waals surface area (Å²) in [5.41, 5.74) is 10.5. The molecule has 13 rings (SSSR count). The second-order valence-electron chi connectivity index (χ2n) is 26.1. The molecule has 5 saturated heterocycles. The summed E-state index contributed by atoms with van der Waals surface area (Å²) < 4.78 is 81.5. The minimum Gasteiger partial charge on any atom is -0.445 e. The zero-order valence-corrected chi connectivity index (χ0v) is 57.1. The van der Waals surface area contributed by atoms with Crippen LogP contribution in [0, 0.1) is 0 Å². The first-order valence-corrected chi connectivity index (χ1v) is 34.7. The van der Waals surface area contributed by atoms with E-state index in [4.69, 9.17) is 67.3 Å². The number of hydrogen-bond acceptors (Lipinski definition) is 24. The van der Waals surface area contributed by atoms with Gasteiger partial charge in [0.2, 0.25) is 6.29 Å². The molecule has 2 unspecified atom stereocenters. The topological polar surface area (TPSA) is 375 Å². The van der Waals surface area contributed by atoms with Crippen molar-refractivity contribution in [2.24, 2.45) is 10.7 Å². The molecule has 1 aliphatic carbocycles. The van der Waals surface area contributed by atoms with Crippen LogP contribution in [0.25, 0.3) is 0 Å². The van der Waals surface area contributed by atoms with E-state index in [1.807, 2.05) is 12.1 Å². The van der Waals surface area contributed by atoms with Crippen LogP contribution in [0.1, 0.15) is 57.8 Å². The summed E-state index contributed by atoms with van der Waals surface area (Å²) in [6.07, 6.45) is -32.8. The van der Waals surface area contributed by atoms with Crippen LogP contribution < -0.4 is 16.4 Å². The maximum absolute atomic E-state index is 14.4. The van der Waals surface area contributed by atoms with Gasteiger partial charge in [0, 0.05) is 17.2 Å². The zero-order valence-electron chi connectivity index (χ0n) is 57.1. The van der Waals surface area contributed by atoms with E-state index < -0.39 is 165 Å². The number of ether oxygens (including phenoxy) is 13. The third-order valence-corrected chi connectivity index (χ3v) is 18.9. The van der Waals surface area contributed by atoms with Gasteiger partial charge >= 0.3 is 30.5 Å². The number of aliphatic hydroxyl groups excluding tert-OH is 5. The number of nitrogens with one attached hydrogen (secondary N) is 2. The molecule has 0 aromatic heterocycles. The molecule has 7 aromatic carbocycles. The van der Waals surface area contributed by atoms with E-state index in [2.05, 4.69) is 15.6 Å². The lowest BCUT2D eigenvalue weighted by Gasteiger charge is -2.52. The van der Waals surface area contributed by atoms with E-state index in [0.29, 0.717) is 38.9 Å². The lowest BCUT2D eigenvalue weighted by Crippen LogP contribution is -2.71. The Morgan fingerprint density at radius 1 is 0.453 bits per heavy atom. The van der Waals surface area contributed by atoms with Crippen LogP contribution in [0.2, 0.25) is 0 Å². The molecule has 5 heterocycles. The summed E-state index contributed by atoms with van der Waals surface area (Å²) in [5.74, 6) is 0. The SMILES string of the molecule is N[C@@H]1C[C@H](NC(=O)OCc2ccccc2)[C@@H](O[C@H]2O[C@@H]3CN(C(=O)OCc4ccccc4)C(c4ccccc4)O[C@H]3[C@@H](O)[C@H]2NC(=O)OCc2ccccc2)[C@H](O[C@@H]2O[C@H](CO)[C@@H](O[C@H]3O[C@H]4CN(C(=O)OCc5ccccc5)C(c5ccccc5)O[C@H]4[C@H](O)C3=NC(=O)OCc3ccccc3)[C@H]2O)[C@H]1O. The van der Waals surface area contributed by atoms with Crippen molar-refractivity contribution in [2.75, 3.05) is 19.7 Å². The van der Waals surface area contributed by atoms with Crippen LogP contribution in [0.5, 0.6) is 0 Å². The Balaban J connectivity index is 0.807. The number of aliphatic hydroxyl groups is 5. The van der Waals surface area contributed by atoms with Gasteiger partial charge in [-0.3, -0.25) is 9.80 Å². The molecule has 5 aliphatic heterocycles. The number of fused-ring (bicyclic) bond motifs is 2. The fourth-order valence-electron chi connectivity index (χ4n) is 13.5. The number of nitrogens with two attached hydrogens (primary N) is 1. The van der Waals surface area contributed by atoms with Crippen molar-refractivity contribution in [1.82, 2.24) is 20.4 Å². The molecule has 6 fully saturated rings. The monoisotopic (exact) mass is 1460 g/mol. The molecular formula is C77H82N6O23. The van der Waals surface area contributed by atoms with E-state index in [0.717, 1.165) is 0 Å². The van der Waals surface area contributed by atoms with Crippen LogP contribution in [0.4, 0.5) is 24.0 Å². The normalized spacial score (nSPS) is 30.2. The summed E-state index contributed by atoms with van der Waals surface area (Å²) in [4.78, 5) is 77.5. The number of alkyl carbamates (subject to hydrolysis) is 2. The molecule has 7 aromatic rings. The summed E-state index contributed by atoms with van der Waals surface area (Å²) >= 11 is 0. The Morgan fingerprint density at radius 2 is 0.877 bits per heavy atom. The fourth-order valence-corrected chi connectivity index (χ4v) is 13.5. The third-order valence-electron chi connectivity index (χ3n) is 18.9. The first-order chi connectivity index (χ1) is 51.6. The van der Waals surface area contributed by atoms with Crippen LogP contribution in [-0.4, -0.2) is 201 Å². The van der Waals surface area contributed by atoms with Gasteiger partial charge in [-0.05, 0) is 34.2 Å². The van der Waals surface area contributed by atoms with Gasteiger partial charge in [-0.2, -0.15) is 4.99 Å². The molecule has 1 saturated carbocycles. The zero-order chi connectivity index (χ0) is 73.6. The van der Waals surface area contributed by atoms with Gasteiger partial charge in [-0.1, -0.05) is 212 Å². The lowest BCUT2D eigenvalue weighted by molar-refractivity contribution is -0.334. The van der Waals surface area contributed by atoms with Crippen molar-refractivity contribution in [3.63, 3.8) is 0 Å². The van der Waals surface area contributed by atoms with Gasteiger partial charge in [0.05, 0.1) is 31.8 Å². The average Bonchev–Trinajstić information content (AvgIpc) is 0.899. The molecule has 5 amide bonds. The quantitative estimate of drug-likeness (QED) is 0.0365. The maximum Gasteiger partial charge on any atom is 0.434 e. The number of benzene rings is 7. The highest BCUT2D eigenvalue weighted by Gasteiger charge is 2.59. The number of aliphatic imine (C=N–C) groups is 1. The Morgan fingerprint density at radius 3 is 1.36 bits per heavy atom. The maximum atomic E-state index is 14.4. The van der Waals surface area contributed by atoms with Crippen molar-refractivity contribution in [3.05, 3.63) is 251 Å². The second kappa shape index (κ2) is 35.1. The molecule has 0 radical (unpaired) electrons. The van der Waals surface area contributed by atoms with Crippen LogP contribution in [0.15, 0.2) is 217 Å². The van der Waals surface area contributed by atoms with Crippen molar-refractivity contribution in [2.45, 2.75) is 162 Å². The molecule has 29 heteroatoms. The summed E-state index contributed by atoms with van der Waals surface area (Å²) in [6, 6.07) is 57.2. The third kappa shape index (κ3) is 18.0. The van der Waals surface area contributed by atoms with Gasteiger partial charge in [0.15, 0.2) is 25.0 Å². The second-order valence-corrected chi connectivity index (χ2v) is 26.1. The van der Waals surface area contributed by atoms with Gasteiger partial charge < -0.3 is 103 Å². The Kier molecular flexibility index (Phi) is 24.6. The fraction of sp³-hybridized carbons (Fsp3) is 0.377. The molecule has 558 valence electrons. The highest BCUT2D eigenvalue weighted by Crippen LogP contribution is 2.42. The van der Waals surface area contributed by atoms with E-state index in [9.17, 15) is 49.5 Å². The average molecular weight is 1460 g/mol. The first kappa shape index (κ1) is 74.5. The standard InChI is InChI=1S/C77H82N6O23/c78-52-36-53(79-73(89)94-40-45-22-8-1-9-23-45)63(104-70-57(80-74(90)95-41-46-24-10-2-11-25-46)60(86)64-54(99-70)37-82(68(102-64)50-32-18-6-19-33-50)76(92)97-43-48-28-14-4-15-29-48)67(59(52)85)106-72-62(88)66(56(39-84)101-72)105-71-58(81-75(91)96-42-47-26-12-3-13-27-47)61(87)65-55(100-71)38-83(69(103-65)51-34-20-7-21-35-51)77(93)98-44-49-30-16-5-17-31-49/h1-35,52-57,59-72,84-88H,36-44,78H2,(H,79,89)(H,80,90)/t52-,53+,54-,55+,56-,57-,59+,60+,61-,62-,63-,64-,65-,66-,67-,68?,69?,70-,71-,72+/m1/s1. The number of amides is 5. The largest absolute Gasteiger partial charge is 0.445 e. The van der Waals surface area contributed by atoms with E-state index in [1.54, 1.807) is 200 Å². The highest BCUT2D eigenvalue weighted by atomic mass is 16.8. The predicted molar refractivity (Wildman–Crippen MR) is 370 cm³/mol. The number of hydrogen-bond donors (Lipinski definition) is 8. The Labute approximate surface area is 609 Å². The number of carbonyl (C=O) groups is 5. The summed E-state index contributed by atoms with van der Waals surface area (Å²) in [6.45, 7) is -2.45. The first-order valence-electron chi connectivity index (χ1n) is 34.7. The summed E-state index contributed by atoms with van der Waals surface area (Å²) in [5, 5.41) is 67.0. The smallest absolute Gasteiger partial charge is 0.434 e. The molecule has 9 N–H and O–H groups in total. The van der Waals surface area contributed by atoms with Gasteiger partial charge in [0.1, 0.15) is 112 Å². The van der Waals surface area contributed by atoms with Crippen molar-refractivity contribution in [3.8, 4) is 0 Å². The predicted octanol–water partition coefficient (Wildman–Crippen LogP) is 6.32. The van der Waals surface area contributed by atoms with Gasteiger partial charge in [-0.25, -0.2) is 24.0 Å². The van der Waals surface area contributed by atoms with E-state index in [1.165, 1.54) is 9.80 Å². The molecule has 0 bridgehead atoms. The van der Waals surface area contributed by atoms with Crippen LogP contribution in [0.3, 0.4) is 0 Å². The number of nitrogens with zero attached hydrogens (tertiary/aromatic N) is 3. The van der Waals surface area contributed by atoms with Crippen molar-refractivity contribution < 1.29 is 111 Å². The van der Waals surface area contributed by atoms with Crippen LogP contribution >= 0.6 is 0 Å². The van der Waals surface area contributed by atoms with E-state index in [-0.39, 0.29) is 52.5 Å². The van der Waals surface area contributed by atoms with Crippen molar-refractivity contribution >= 4 is 36.2 Å². The highest BCUT2D eigenvalue weighted by molar-refractivity contribution is 5.99. The van der Waals surface area contributed by atoms with E-state index >= 15 is 0 Å². The molecule has 29 nitrogen and oxygen atoms in total. The molecule has 20 atom stereocenters. The lowest BCUT2D eigenvalue weighted by atomic mass is 9.83. The molecule has 6 aliphatic rings. The summed E-state index contributed by atoms with van der Waals surface area (Å²) in [7, 11) is 0. The minimum atomic E-state index is -2.02. The minimum absolute atomic E-state index is 0.120. The Hall–Kier alpha value is -9.80. The molecule has 0 spiro atoms. The number of carbonyl (C=O) groups excluding carboxylic acids is 5. The molecular weight excluding hydrogens is 1380 g/mol.